The van der Waals surface area contributed by atoms with E-state index in [1.165, 1.54) is 6.07 Å². The van der Waals surface area contributed by atoms with E-state index in [0.29, 0.717) is 11.6 Å². The lowest BCUT2D eigenvalue weighted by Gasteiger charge is -2.23. The van der Waals surface area contributed by atoms with Crippen LogP contribution in [0.4, 0.5) is 4.39 Å². The molecule has 0 aliphatic heterocycles. The van der Waals surface area contributed by atoms with Crippen molar-refractivity contribution in [2.24, 2.45) is 0 Å². The lowest BCUT2D eigenvalue weighted by molar-refractivity contribution is 0.260. The van der Waals surface area contributed by atoms with Gasteiger partial charge in [0.1, 0.15) is 11.3 Å². The Labute approximate surface area is 124 Å². The van der Waals surface area contributed by atoms with Gasteiger partial charge in [-0.3, -0.25) is 4.90 Å². The first-order chi connectivity index (χ1) is 9.58. The topological polar surface area (TPSA) is 21.1 Å². The molecule has 0 unspecified atom stereocenters. The minimum atomic E-state index is -0.240. The van der Waals surface area contributed by atoms with Gasteiger partial charge in [-0.2, -0.15) is 11.8 Å². The summed E-state index contributed by atoms with van der Waals surface area (Å²) in [4.78, 5) is 6.77. The maximum absolute atomic E-state index is 13.8. The van der Waals surface area contributed by atoms with Crippen LogP contribution in [0, 0.1) is 5.82 Å². The summed E-state index contributed by atoms with van der Waals surface area (Å²) >= 11 is 1.84. The minimum absolute atomic E-state index is 0.240. The number of thioether (sulfide) groups is 1. The van der Waals surface area contributed by atoms with E-state index in [0.717, 1.165) is 30.2 Å². The highest BCUT2D eigenvalue weighted by atomic mass is 32.2. The largest absolute Gasteiger partial charge is 0.327 e. The molecule has 5 heteroatoms. The Morgan fingerprint density at radius 2 is 2.20 bits per heavy atom. The maximum atomic E-state index is 13.8. The molecule has 3 nitrogen and oxygen atoms in total. The zero-order chi connectivity index (χ0) is 14.7. The molecule has 2 aromatic rings. The Hall–Kier alpha value is -1.07. The first kappa shape index (κ1) is 15.3. The zero-order valence-corrected chi connectivity index (χ0v) is 13.4. The fourth-order valence-corrected chi connectivity index (χ4v) is 3.12. The number of halogens is 1. The molecular weight excluding hydrogens is 273 g/mol. The molecule has 0 saturated heterocycles. The smallest absolute Gasteiger partial charge is 0.151 e. The zero-order valence-electron chi connectivity index (χ0n) is 12.6. The van der Waals surface area contributed by atoms with Gasteiger partial charge in [0.05, 0.1) is 12.1 Å². The van der Waals surface area contributed by atoms with Crippen LogP contribution in [0.2, 0.25) is 0 Å². The van der Waals surface area contributed by atoms with Gasteiger partial charge in [0.15, 0.2) is 5.82 Å². The molecule has 0 radical (unpaired) electrons. The SMILES string of the molecule is CCn1c(CN(C)[C@@H](C)CSC)nc2c(F)cccc21. The predicted molar refractivity (Wildman–Crippen MR) is 84.7 cm³/mol. The van der Waals surface area contributed by atoms with Crippen LogP contribution in [0.25, 0.3) is 11.0 Å². The normalized spacial score (nSPS) is 13.3. The summed E-state index contributed by atoms with van der Waals surface area (Å²) in [6, 6.07) is 5.62. The minimum Gasteiger partial charge on any atom is -0.327 e. The molecule has 0 bridgehead atoms. The van der Waals surface area contributed by atoms with Crippen molar-refractivity contribution in [3.8, 4) is 0 Å². The molecule has 1 aromatic heterocycles. The highest BCUT2D eigenvalue weighted by Crippen LogP contribution is 2.20. The van der Waals surface area contributed by atoms with Crippen LogP contribution in [0.15, 0.2) is 18.2 Å². The standard InChI is InChI=1S/C15H22FN3S/c1-5-19-13-8-6-7-12(16)15(13)17-14(19)9-18(3)11(2)10-20-4/h6-8,11H,5,9-10H2,1-4H3/t11-/m0/s1. The lowest BCUT2D eigenvalue weighted by atomic mass is 10.3. The Morgan fingerprint density at radius 1 is 1.45 bits per heavy atom. The molecular formula is C15H22FN3S. The number of aryl methyl sites for hydroxylation is 1. The number of benzene rings is 1. The highest BCUT2D eigenvalue weighted by Gasteiger charge is 2.16. The van der Waals surface area contributed by atoms with E-state index in [4.69, 9.17) is 0 Å². The molecule has 20 heavy (non-hydrogen) atoms. The van der Waals surface area contributed by atoms with Gasteiger partial charge >= 0.3 is 0 Å². The van der Waals surface area contributed by atoms with Crippen molar-refractivity contribution in [1.29, 1.82) is 0 Å². The average Bonchev–Trinajstić information content (AvgIpc) is 2.77. The van der Waals surface area contributed by atoms with Crippen molar-refractivity contribution in [2.45, 2.75) is 33.0 Å². The molecule has 1 atom stereocenters. The second-order valence-corrected chi connectivity index (χ2v) is 6.01. The summed E-state index contributed by atoms with van der Waals surface area (Å²) in [6.45, 7) is 5.82. The van der Waals surface area contributed by atoms with Crippen molar-refractivity contribution >= 4 is 22.8 Å². The van der Waals surface area contributed by atoms with Crippen molar-refractivity contribution in [3.05, 3.63) is 29.8 Å². The molecule has 110 valence electrons. The summed E-state index contributed by atoms with van der Waals surface area (Å²) in [5, 5.41) is 0. The van der Waals surface area contributed by atoms with E-state index in [9.17, 15) is 4.39 Å². The van der Waals surface area contributed by atoms with Crippen LogP contribution in [0.3, 0.4) is 0 Å². The number of imidazole rings is 1. The molecule has 0 aliphatic rings. The Bertz CT molecular complexity index is 582. The van der Waals surface area contributed by atoms with Gasteiger partial charge in [0, 0.05) is 18.3 Å². The molecule has 0 aliphatic carbocycles. The molecule has 1 aromatic carbocycles. The molecule has 0 fully saturated rings. The van der Waals surface area contributed by atoms with Crippen molar-refractivity contribution < 1.29 is 4.39 Å². The lowest BCUT2D eigenvalue weighted by Crippen LogP contribution is -2.31. The van der Waals surface area contributed by atoms with Crippen molar-refractivity contribution in [2.75, 3.05) is 19.1 Å². The summed E-state index contributed by atoms with van der Waals surface area (Å²) in [5.41, 5.74) is 1.36. The van der Waals surface area contributed by atoms with Crippen molar-refractivity contribution in [1.82, 2.24) is 14.5 Å². The van der Waals surface area contributed by atoms with Crippen LogP contribution < -0.4 is 0 Å². The number of hydrogen-bond acceptors (Lipinski definition) is 3. The fraction of sp³-hybridized carbons (Fsp3) is 0.533. The first-order valence-corrected chi connectivity index (χ1v) is 8.30. The summed E-state index contributed by atoms with van der Waals surface area (Å²) in [6.07, 6.45) is 2.11. The third-order valence-corrected chi connectivity index (χ3v) is 4.49. The number of nitrogens with zero attached hydrogens (tertiary/aromatic N) is 3. The summed E-state index contributed by atoms with van der Waals surface area (Å²) in [7, 11) is 2.09. The van der Waals surface area contributed by atoms with Gasteiger partial charge in [-0.25, -0.2) is 9.37 Å². The Kier molecular flexibility index (Phi) is 5.05. The number of fused-ring (bicyclic) bond motifs is 1. The van der Waals surface area contributed by atoms with Gasteiger partial charge in [-0.05, 0) is 39.3 Å². The van der Waals surface area contributed by atoms with E-state index < -0.39 is 0 Å². The van der Waals surface area contributed by atoms with Gasteiger partial charge in [0.2, 0.25) is 0 Å². The van der Waals surface area contributed by atoms with Crippen LogP contribution in [0.1, 0.15) is 19.7 Å². The average molecular weight is 295 g/mol. The first-order valence-electron chi connectivity index (χ1n) is 6.91. The van der Waals surface area contributed by atoms with Crippen LogP contribution in [-0.2, 0) is 13.1 Å². The van der Waals surface area contributed by atoms with E-state index in [2.05, 4.69) is 41.6 Å². The number of hydrogen-bond donors (Lipinski definition) is 0. The second-order valence-electron chi connectivity index (χ2n) is 5.10. The molecule has 0 amide bonds. The predicted octanol–water partition coefficient (Wildman–Crippen LogP) is 3.38. The van der Waals surface area contributed by atoms with E-state index in [1.54, 1.807) is 6.07 Å². The van der Waals surface area contributed by atoms with Crippen molar-refractivity contribution in [3.63, 3.8) is 0 Å². The number of rotatable bonds is 6. The third-order valence-electron chi connectivity index (χ3n) is 3.68. The molecule has 1 heterocycles. The summed E-state index contributed by atoms with van der Waals surface area (Å²) < 4.78 is 15.9. The van der Waals surface area contributed by atoms with Crippen LogP contribution in [-0.4, -0.2) is 39.5 Å². The number of para-hydroxylation sites is 1. The quantitative estimate of drug-likeness (QED) is 0.815. The van der Waals surface area contributed by atoms with Gasteiger partial charge in [-0.15, -0.1) is 0 Å². The summed E-state index contributed by atoms with van der Waals surface area (Å²) in [5.74, 6) is 1.77. The third kappa shape index (κ3) is 2.99. The monoisotopic (exact) mass is 295 g/mol. The second kappa shape index (κ2) is 6.59. The van der Waals surface area contributed by atoms with Gasteiger partial charge in [0.25, 0.3) is 0 Å². The molecule has 0 N–H and O–H groups in total. The number of aromatic nitrogens is 2. The Morgan fingerprint density at radius 3 is 2.85 bits per heavy atom. The van der Waals surface area contributed by atoms with Crippen LogP contribution >= 0.6 is 11.8 Å². The Balaban J connectivity index is 2.32. The van der Waals surface area contributed by atoms with Gasteiger partial charge in [-0.1, -0.05) is 6.07 Å². The molecule has 0 saturated carbocycles. The fourth-order valence-electron chi connectivity index (χ4n) is 2.38. The molecule has 0 spiro atoms. The van der Waals surface area contributed by atoms with Gasteiger partial charge < -0.3 is 4.57 Å². The maximum Gasteiger partial charge on any atom is 0.151 e. The van der Waals surface area contributed by atoms with Crippen LogP contribution in [0.5, 0.6) is 0 Å². The molecule has 2 rings (SSSR count). The van der Waals surface area contributed by atoms with E-state index >= 15 is 0 Å². The van der Waals surface area contributed by atoms with E-state index in [1.807, 2.05) is 17.8 Å². The van der Waals surface area contributed by atoms with E-state index in [-0.39, 0.29) is 5.82 Å². The highest BCUT2D eigenvalue weighted by molar-refractivity contribution is 7.98.